The first-order chi connectivity index (χ1) is 6.52. The molecule has 1 aromatic rings. The lowest BCUT2D eigenvalue weighted by Crippen LogP contribution is -2.15. The standard InChI is InChI=1S/C10H18BrN3/c1-7(2)4-5-9(12)10-8(11)6-13-14(10)3/h6-7,9H,4-5,12H2,1-3H3. The van der Waals surface area contributed by atoms with Crippen molar-refractivity contribution in [2.75, 3.05) is 0 Å². The summed E-state index contributed by atoms with van der Waals surface area (Å²) < 4.78 is 2.85. The van der Waals surface area contributed by atoms with E-state index in [4.69, 9.17) is 5.73 Å². The van der Waals surface area contributed by atoms with Gasteiger partial charge in [-0.2, -0.15) is 5.10 Å². The van der Waals surface area contributed by atoms with Crippen LogP contribution in [0.5, 0.6) is 0 Å². The quantitative estimate of drug-likeness (QED) is 0.904. The first-order valence-corrected chi connectivity index (χ1v) is 5.74. The molecule has 0 saturated carbocycles. The third kappa shape index (κ3) is 2.82. The van der Waals surface area contributed by atoms with E-state index in [9.17, 15) is 0 Å². The van der Waals surface area contributed by atoms with Crippen LogP contribution in [0.25, 0.3) is 0 Å². The van der Waals surface area contributed by atoms with Gasteiger partial charge in [0.05, 0.1) is 16.4 Å². The summed E-state index contributed by atoms with van der Waals surface area (Å²) >= 11 is 3.46. The molecule has 0 aliphatic heterocycles. The van der Waals surface area contributed by atoms with E-state index in [-0.39, 0.29) is 6.04 Å². The Kier molecular flexibility index (Phi) is 4.13. The summed E-state index contributed by atoms with van der Waals surface area (Å²) in [7, 11) is 1.93. The first-order valence-electron chi connectivity index (χ1n) is 4.95. The summed E-state index contributed by atoms with van der Waals surface area (Å²) in [5.74, 6) is 0.702. The molecule has 0 radical (unpaired) electrons. The number of aryl methyl sites for hydroxylation is 1. The van der Waals surface area contributed by atoms with Crippen molar-refractivity contribution in [3.05, 3.63) is 16.4 Å². The van der Waals surface area contributed by atoms with Gasteiger partial charge in [-0.1, -0.05) is 13.8 Å². The molecule has 0 aliphatic rings. The van der Waals surface area contributed by atoms with Gasteiger partial charge in [-0.3, -0.25) is 4.68 Å². The van der Waals surface area contributed by atoms with Crippen molar-refractivity contribution >= 4 is 15.9 Å². The van der Waals surface area contributed by atoms with Crippen LogP contribution in [-0.4, -0.2) is 9.78 Å². The van der Waals surface area contributed by atoms with Crippen LogP contribution in [0.1, 0.15) is 38.4 Å². The number of hydrogen-bond donors (Lipinski definition) is 1. The Bertz CT molecular complexity index is 274. The van der Waals surface area contributed by atoms with Crippen LogP contribution in [0.3, 0.4) is 0 Å². The number of nitrogens with two attached hydrogens (primary N) is 1. The van der Waals surface area contributed by atoms with Gasteiger partial charge in [0.15, 0.2) is 0 Å². The fraction of sp³-hybridized carbons (Fsp3) is 0.700. The molecule has 1 atom stereocenters. The Morgan fingerprint density at radius 3 is 2.57 bits per heavy atom. The highest BCUT2D eigenvalue weighted by Crippen LogP contribution is 2.25. The number of rotatable bonds is 4. The highest BCUT2D eigenvalue weighted by Gasteiger charge is 2.14. The van der Waals surface area contributed by atoms with Crippen LogP contribution in [0, 0.1) is 5.92 Å². The molecular formula is C10H18BrN3. The molecule has 0 fully saturated rings. The van der Waals surface area contributed by atoms with E-state index < -0.39 is 0 Å². The second-order valence-corrected chi connectivity index (χ2v) is 4.93. The predicted molar refractivity (Wildman–Crippen MR) is 61.9 cm³/mol. The molecule has 1 unspecified atom stereocenters. The Balaban J connectivity index is 2.64. The first kappa shape index (κ1) is 11.7. The van der Waals surface area contributed by atoms with Crippen LogP contribution >= 0.6 is 15.9 Å². The third-order valence-corrected chi connectivity index (χ3v) is 2.95. The van der Waals surface area contributed by atoms with E-state index in [0.717, 1.165) is 23.0 Å². The van der Waals surface area contributed by atoms with Crippen molar-refractivity contribution in [2.24, 2.45) is 18.7 Å². The van der Waals surface area contributed by atoms with Crippen LogP contribution in [0.15, 0.2) is 10.7 Å². The van der Waals surface area contributed by atoms with Crippen molar-refractivity contribution in [2.45, 2.75) is 32.7 Å². The largest absolute Gasteiger partial charge is 0.323 e. The van der Waals surface area contributed by atoms with Gasteiger partial charge in [-0.05, 0) is 34.7 Å². The van der Waals surface area contributed by atoms with E-state index in [1.165, 1.54) is 0 Å². The summed E-state index contributed by atoms with van der Waals surface area (Å²) in [6, 6.07) is 0.0827. The molecular weight excluding hydrogens is 242 g/mol. The van der Waals surface area contributed by atoms with E-state index >= 15 is 0 Å². The molecule has 4 heteroatoms. The zero-order chi connectivity index (χ0) is 10.7. The van der Waals surface area contributed by atoms with E-state index in [2.05, 4.69) is 34.9 Å². The van der Waals surface area contributed by atoms with Gasteiger partial charge in [-0.25, -0.2) is 0 Å². The molecule has 0 aliphatic carbocycles. The molecule has 14 heavy (non-hydrogen) atoms. The topological polar surface area (TPSA) is 43.8 Å². The normalized spacial score (nSPS) is 13.6. The Morgan fingerprint density at radius 2 is 2.14 bits per heavy atom. The monoisotopic (exact) mass is 259 g/mol. The lowest BCUT2D eigenvalue weighted by molar-refractivity contribution is 0.487. The second kappa shape index (κ2) is 4.94. The minimum absolute atomic E-state index is 0.0827. The zero-order valence-corrected chi connectivity index (χ0v) is 10.6. The Labute approximate surface area is 93.8 Å². The molecule has 3 nitrogen and oxygen atoms in total. The lowest BCUT2D eigenvalue weighted by atomic mass is 10.0. The smallest absolute Gasteiger partial charge is 0.0690 e. The number of hydrogen-bond acceptors (Lipinski definition) is 2. The predicted octanol–water partition coefficient (Wildman–Crippen LogP) is 2.62. The molecule has 0 aromatic carbocycles. The minimum atomic E-state index is 0.0827. The number of aromatic nitrogens is 2. The fourth-order valence-electron chi connectivity index (χ4n) is 1.49. The van der Waals surface area contributed by atoms with Crippen LogP contribution < -0.4 is 5.73 Å². The number of halogens is 1. The summed E-state index contributed by atoms with van der Waals surface area (Å²) in [6.45, 7) is 4.43. The van der Waals surface area contributed by atoms with Gasteiger partial charge in [0, 0.05) is 13.1 Å². The van der Waals surface area contributed by atoms with Crippen LogP contribution in [-0.2, 0) is 7.05 Å². The highest BCUT2D eigenvalue weighted by molar-refractivity contribution is 9.10. The molecule has 1 aromatic heterocycles. The average Bonchev–Trinajstić information content (AvgIpc) is 2.42. The maximum Gasteiger partial charge on any atom is 0.0690 e. The summed E-state index contributed by atoms with van der Waals surface area (Å²) in [5, 5.41) is 4.15. The summed E-state index contributed by atoms with van der Waals surface area (Å²) in [5.41, 5.74) is 7.19. The van der Waals surface area contributed by atoms with Crippen molar-refractivity contribution in [3.63, 3.8) is 0 Å². The SMILES string of the molecule is CC(C)CCC(N)c1c(Br)cnn1C. The van der Waals surface area contributed by atoms with Gasteiger partial charge >= 0.3 is 0 Å². The Hall–Kier alpha value is -0.350. The summed E-state index contributed by atoms with van der Waals surface area (Å²) in [4.78, 5) is 0. The van der Waals surface area contributed by atoms with Crippen LogP contribution in [0.4, 0.5) is 0 Å². The third-order valence-electron chi connectivity index (χ3n) is 2.34. The minimum Gasteiger partial charge on any atom is -0.323 e. The average molecular weight is 260 g/mol. The molecule has 0 amide bonds. The van der Waals surface area contributed by atoms with Gasteiger partial charge in [0.25, 0.3) is 0 Å². The van der Waals surface area contributed by atoms with Crippen molar-refractivity contribution < 1.29 is 0 Å². The van der Waals surface area contributed by atoms with Gasteiger partial charge in [-0.15, -0.1) is 0 Å². The molecule has 1 heterocycles. The molecule has 2 N–H and O–H groups in total. The maximum atomic E-state index is 6.10. The van der Waals surface area contributed by atoms with Gasteiger partial charge in [0.1, 0.15) is 0 Å². The van der Waals surface area contributed by atoms with Crippen molar-refractivity contribution in [3.8, 4) is 0 Å². The van der Waals surface area contributed by atoms with E-state index in [0.29, 0.717) is 5.92 Å². The number of nitrogens with zero attached hydrogens (tertiary/aromatic N) is 2. The molecule has 0 saturated heterocycles. The fourth-order valence-corrected chi connectivity index (χ4v) is 2.13. The van der Waals surface area contributed by atoms with Crippen molar-refractivity contribution in [1.29, 1.82) is 0 Å². The van der Waals surface area contributed by atoms with E-state index in [1.54, 1.807) is 6.20 Å². The summed E-state index contributed by atoms with van der Waals surface area (Å²) in [6.07, 6.45) is 3.96. The van der Waals surface area contributed by atoms with Crippen molar-refractivity contribution in [1.82, 2.24) is 9.78 Å². The molecule has 0 spiro atoms. The van der Waals surface area contributed by atoms with Crippen LogP contribution in [0.2, 0.25) is 0 Å². The van der Waals surface area contributed by atoms with Gasteiger partial charge in [0.2, 0.25) is 0 Å². The maximum absolute atomic E-state index is 6.10. The second-order valence-electron chi connectivity index (χ2n) is 4.08. The van der Waals surface area contributed by atoms with Gasteiger partial charge < -0.3 is 5.73 Å². The Morgan fingerprint density at radius 1 is 1.50 bits per heavy atom. The highest BCUT2D eigenvalue weighted by atomic mass is 79.9. The molecule has 1 rings (SSSR count). The molecule has 0 bridgehead atoms. The zero-order valence-electron chi connectivity index (χ0n) is 9.00. The lowest BCUT2D eigenvalue weighted by Gasteiger charge is -2.14. The van der Waals surface area contributed by atoms with E-state index in [1.807, 2.05) is 11.7 Å². The molecule has 80 valence electrons.